The van der Waals surface area contributed by atoms with Crippen LogP contribution in [0.5, 0.6) is 0 Å². The van der Waals surface area contributed by atoms with Crippen molar-refractivity contribution in [2.45, 2.75) is 51.8 Å². The molecular weight excluding hydrogens is 388 g/mol. The van der Waals surface area contributed by atoms with Gasteiger partial charge in [-0.1, -0.05) is 11.6 Å². The number of thiophene rings is 1. The second kappa shape index (κ2) is 7.51. The molecule has 1 aliphatic carbocycles. The van der Waals surface area contributed by atoms with E-state index >= 15 is 0 Å². The van der Waals surface area contributed by atoms with Gasteiger partial charge in [-0.25, -0.2) is 4.79 Å². The summed E-state index contributed by atoms with van der Waals surface area (Å²) in [6.45, 7) is 6.93. The topological polar surface area (TPSA) is 50.4 Å². The molecule has 0 radical (unpaired) electrons. The van der Waals surface area contributed by atoms with Crippen molar-refractivity contribution in [2.24, 2.45) is 5.92 Å². The molecule has 1 unspecified atom stereocenters. The maximum atomic E-state index is 11.7. The maximum absolute atomic E-state index is 11.7. The molecule has 2 rings (SSSR count). The molecule has 0 spiro atoms. The van der Waals surface area contributed by atoms with Crippen LogP contribution < -0.4 is 10.6 Å². The largest absolute Gasteiger partial charge is 0.444 e. The van der Waals surface area contributed by atoms with E-state index in [0.29, 0.717) is 12.5 Å². The van der Waals surface area contributed by atoms with Crippen LogP contribution in [0.2, 0.25) is 4.34 Å². The van der Waals surface area contributed by atoms with Gasteiger partial charge in [0.25, 0.3) is 0 Å². The van der Waals surface area contributed by atoms with Crippen molar-refractivity contribution < 1.29 is 9.53 Å². The molecule has 1 fully saturated rings. The highest BCUT2D eigenvalue weighted by Gasteiger charge is 2.31. The van der Waals surface area contributed by atoms with Crippen LogP contribution in [0.25, 0.3) is 0 Å². The molecule has 1 aromatic heterocycles. The third kappa shape index (κ3) is 6.07. The fourth-order valence-corrected chi connectivity index (χ4v) is 3.86. The minimum absolute atomic E-state index is 0.271. The first kappa shape index (κ1) is 18.0. The standard InChI is InChI=1S/C15H22BrClN2O2S/c1-15(2,3)21-14(20)19-8-12(9-4-5-9)18-7-10-6-11(16)13(17)22-10/h6,9,12,18H,4-5,7-8H2,1-3H3,(H,19,20). The summed E-state index contributed by atoms with van der Waals surface area (Å²) < 4.78 is 6.98. The zero-order chi connectivity index (χ0) is 16.3. The monoisotopic (exact) mass is 408 g/mol. The summed E-state index contributed by atoms with van der Waals surface area (Å²) in [5.41, 5.74) is -0.466. The Hall–Kier alpha value is -0.300. The number of ether oxygens (including phenoxy) is 1. The molecule has 1 heterocycles. The van der Waals surface area contributed by atoms with Crippen LogP contribution in [0.15, 0.2) is 10.5 Å². The number of carbonyl (C=O) groups excluding carboxylic acids is 1. The first-order valence-corrected chi connectivity index (χ1v) is 9.37. The molecule has 0 aliphatic heterocycles. The summed E-state index contributed by atoms with van der Waals surface area (Å²) >= 11 is 11.0. The Morgan fingerprint density at radius 3 is 2.73 bits per heavy atom. The maximum Gasteiger partial charge on any atom is 0.407 e. The third-order valence-corrected chi connectivity index (χ3v) is 5.77. The highest BCUT2D eigenvalue weighted by Crippen LogP contribution is 2.34. The van der Waals surface area contributed by atoms with E-state index in [1.807, 2.05) is 26.8 Å². The lowest BCUT2D eigenvalue weighted by Crippen LogP contribution is -2.43. The molecular formula is C15H22BrClN2O2S. The van der Waals surface area contributed by atoms with Crippen LogP contribution in [0.1, 0.15) is 38.5 Å². The Bertz CT molecular complexity index is 507. The summed E-state index contributed by atoms with van der Waals surface area (Å²) in [7, 11) is 0. The summed E-state index contributed by atoms with van der Waals surface area (Å²) in [5, 5.41) is 6.38. The van der Waals surface area contributed by atoms with Crippen LogP contribution in [0.4, 0.5) is 4.79 Å². The van der Waals surface area contributed by atoms with E-state index in [1.165, 1.54) is 17.7 Å². The minimum atomic E-state index is -0.466. The molecule has 7 heteroatoms. The van der Waals surface area contributed by atoms with Crippen molar-refractivity contribution in [1.29, 1.82) is 0 Å². The molecule has 22 heavy (non-hydrogen) atoms. The lowest BCUT2D eigenvalue weighted by atomic mass is 10.2. The Morgan fingerprint density at radius 2 is 2.23 bits per heavy atom. The first-order chi connectivity index (χ1) is 10.2. The second-order valence-electron chi connectivity index (χ2n) is 6.54. The lowest BCUT2D eigenvalue weighted by molar-refractivity contribution is 0.0521. The Balaban J connectivity index is 1.79. The van der Waals surface area contributed by atoms with Gasteiger partial charge in [0, 0.05) is 28.5 Å². The second-order valence-corrected chi connectivity index (χ2v) is 9.14. The van der Waals surface area contributed by atoms with Crippen molar-refractivity contribution in [2.75, 3.05) is 6.54 Å². The number of rotatable bonds is 6. The molecule has 1 aromatic rings. The van der Waals surface area contributed by atoms with Gasteiger partial charge in [0.05, 0.1) is 0 Å². The van der Waals surface area contributed by atoms with E-state index in [4.69, 9.17) is 16.3 Å². The van der Waals surface area contributed by atoms with Gasteiger partial charge < -0.3 is 15.4 Å². The van der Waals surface area contributed by atoms with Gasteiger partial charge in [-0.2, -0.15) is 0 Å². The molecule has 2 N–H and O–H groups in total. The van der Waals surface area contributed by atoms with E-state index in [1.54, 1.807) is 11.3 Å². The van der Waals surface area contributed by atoms with E-state index < -0.39 is 5.60 Å². The van der Waals surface area contributed by atoms with Gasteiger partial charge >= 0.3 is 6.09 Å². The zero-order valence-corrected chi connectivity index (χ0v) is 16.2. The fraction of sp³-hybridized carbons (Fsp3) is 0.667. The van der Waals surface area contributed by atoms with E-state index in [0.717, 1.165) is 15.4 Å². The van der Waals surface area contributed by atoms with Crippen LogP contribution >= 0.6 is 38.9 Å². The number of alkyl carbamates (subject to hydrolysis) is 1. The normalized spacial score (nSPS) is 16.4. The lowest BCUT2D eigenvalue weighted by Gasteiger charge is -2.22. The predicted octanol–water partition coefficient (Wildman–Crippen LogP) is 4.56. The van der Waals surface area contributed by atoms with Gasteiger partial charge in [-0.3, -0.25) is 0 Å². The van der Waals surface area contributed by atoms with Crippen LogP contribution in [-0.4, -0.2) is 24.3 Å². The number of amides is 1. The molecule has 1 saturated carbocycles. The first-order valence-electron chi connectivity index (χ1n) is 7.38. The zero-order valence-electron chi connectivity index (χ0n) is 13.0. The molecule has 0 saturated heterocycles. The van der Waals surface area contributed by atoms with E-state index in [-0.39, 0.29) is 12.1 Å². The highest BCUT2D eigenvalue weighted by atomic mass is 79.9. The molecule has 0 aromatic carbocycles. The number of hydrogen-bond donors (Lipinski definition) is 2. The van der Waals surface area contributed by atoms with Crippen LogP contribution in [0, 0.1) is 5.92 Å². The number of halogens is 2. The SMILES string of the molecule is CC(C)(C)OC(=O)NCC(NCc1cc(Br)c(Cl)s1)C1CC1. The van der Waals surface area contributed by atoms with Crippen LogP contribution in [0.3, 0.4) is 0 Å². The molecule has 1 atom stereocenters. The number of nitrogens with one attached hydrogen (secondary N) is 2. The summed E-state index contributed by atoms with van der Waals surface area (Å²) in [6, 6.07) is 2.30. The fourth-order valence-electron chi connectivity index (χ4n) is 2.12. The summed E-state index contributed by atoms with van der Waals surface area (Å²) in [4.78, 5) is 12.9. The number of hydrogen-bond acceptors (Lipinski definition) is 4. The third-order valence-electron chi connectivity index (χ3n) is 3.29. The Kier molecular flexibility index (Phi) is 6.16. The highest BCUT2D eigenvalue weighted by molar-refractivity contribution is 9.10. The Labute approximate surface area is 149 Å². The van der Waals surface area contributed by atoms with Crippen LogP contribution in [-0.2, 0) is 11.3 Å². The minimum Gasteiger partial charge on any atom is -0.444 e. The quantitative estimate of drug-likeness (QED) is 0.724. The average Bonchev–Trinajstić information content (AvgIpc) is 3.15. The molecule has 4 nitrogen and oxygen atoms in total. The van der Waals surface area contributed by atoms with Gasteiger partial charge in [0.2, 0.25) is 0 Å². The predicted molar refractivity (Wildman–Crippen MR) is 94.6 cm³/mol. The van der Waals surface area contributed by atoms with Crippen molar-refractivity contribution in [3.05, 3.63) is 19.8 Å². The molecule has 124 valence electrons. The van der Waals surface area contributed by atoms with Crippen molar-refractivity contribution >= 4 is 45.0 Å². The van der Waals surface area contributed by atoms with Crippen molar-refractivity contribution in [3.8, 4) is 0 Å². The molecule has 0 bridgehead atoms. The van der Waals surface area contributed by atoms with E-state index in [2.05, 4.69) is 26.6 Å². The van der Waals surface area contributed by atoms with Gasteiger partial charge in [0.1, 0.15) is 9.94 Å². The summed E-state index contributed by atoms with van der Waals surface area (Å²) in [5.74, 6) is 0.633. The van der Waals surface area contributed by atoms with Gasteiger partial charge in [0.15, 0.2) is 0 Å². The average molecular weight is 410 g/mol. The van der Waals surface area contributed by atoms with Gasteiger partial charge in [-0.15, -0.1) is 11.3 Å². The number of carbonyl (C=O) groups is 1. The molecule has 1 amide bonds. The van der Waals surface area contributed by atoms with Crippen molar-refractivity contribution in [3.63, 3.8) is 0 Å². The van der Waals surface area contributed by atoms with E-state index in [9.17, 15) is 4.79 Å². The van der Waals surface area contributed by atoms with Crippen molar-refractivity contribution in [1.82, 2.24) is 10.6 Å². The smallest absolute Gasteiger partial charge is 0.407 e. The summed E-state index contributed by atoms with van der Waals surface area (Å²) in [6.07, 6.45) is 2.06. The Morgan fingerprint density at radius 1 is 1.55 bits per heavy atom. The van der Waals surface area contributed by atoms with Gasteiger partial charge in [-0.05, 0) is 61.5 Å². The molecule has 1 aliphatic rings.